The monoisotopic (exact) mass is 642 g/mol. The average molecular weight is 643 g/mol. The SMILES string of the molecule is Cc1c(F)ccc2cccc(-c3ncc4c5nc(nc4c3F)OC[C@]34CCCN3C[C@@H](C4)OCCCOC[C@@]34CC[C@@H](CN5C3)N4)c12. The molecular formula is C36H40F2N6O3. The zero-order chi connectivity index (χ0) is 31.8. The largest absolute Gasteiger partial charge is 0.461 e. The molecule has 4 saturated heterocycles. The lowest BCUT2D eigenvalue weighted by atomic mass is 9.94. The van der Waals surface area contributed by atoms with Gasteiger partial charge >= 0.3 is 6.01 Å². The number of aromatic nitrogens is 3. The van der Waals surface area contributed by atoms with E-state index in [2.05, 4.69) is 20.1 Å². The first-order valence-corrected chi connectivity index (χ1v) is 17.0. The summed E-state index contributed by atoms with van der Waals surface area (Å²) < 4.78 is 50.8. The fraction of sp³-hybridized carbons (Fsp3) is 0.528. The van der Waals surface area contributed by atoms with Crippen molar-refractivity contribution < 1.29 is 23.0 Å². The summed E-state index contributed by atoms with van der Waals surface area (Å²) in [7, 11) is 0. The number of piperazine rings is 1. The Morgan fingerprint density at radius 2 is 1.96 bits per heavy atom. The van der Waals surface area contributed by atoms with Crippen LogP contribution in [0.4, 0.5) is 14.6 Å². The van der Waals surface area contributed by atoms with Gasteiger partial charge in [-0.15, -0.1) is 0 Å². The van der Waals surface area contributed by atoms with Crippen molar-refractivity contribution in [2.75, 3.05) is 57.5 Å². The summed E-state index contributed by atoms with van der Waals surface area (Å²) in [5, 5.41) is 5.82. The Balaban J connectivity index is 1.18. The number of pyridine rings is 1. The third kappa shape index (κ3) is 4.96. The molecule has 0 aliphatic carbocycles. The highest BCUT2D eigenvalue weighted by Gasteiger charge is 2.50. The normalized spacial score (nSPS) is 29.6. The number of benzene rings is 2. The van der Waals surface area contributed by atoms with Crippen molar-refractivity contribution in [1.82, 2.24) is 25.2 Å². The molecule has 9 nitrogen and oxygen atoms in total. The number of halogens is 2. The molecule has 1 N–H and O–H groups in total. The molecule has 0 saturated carbocycles. The molecule has 0 amide bonds. The highest BCUT2D eigenvalue weighted by atomic mass is 19.1. The van der Waals surface area contributed by atoms with E-state index in [-0.39, 0.29) is 46.3 Å². The Kier molecular flexibility index (Phi) is 7.11. The molecule has 5 aliphatic rings. The van der Waals surface area contributed by atoms with Crippen LogP contribution < -0.4 is 15.0 Å². The van der Waals surface area contributed by atoms with Gasteiger partial charge in [0.25, 0.3) is 0 Å². The molecule has 0 unspecified atom stereocenters. The van der Waals surface area contributed by atoms with Gasteiger partial charge in [-0.1, -0.05) is 24.3 Å². The van der Waals surface area contributed by atoms with Crippen molar-refractivity contribution in [3.05, 3.63) is 53.7 Å². The fourth-order valence-corrected chi connectivity index (χ4v) is 9.01. The Labute approximate surface area is 272 Å². The summed E-state index contributed by atoms with van der Waals surface area (Å²) in [5.74, 6) is -0.282. The lowest BCUT2D eigenvalue weighted by Crippen LogP contribution is -2.62. The van der Waals surface area contributed by atoms with Gasteiger partial charge < -0.3 is 24.4 Å². The Morgan fingerprint density at radius 3 is 2.89 bits per heavy atom. The molecule has 7 bridgehead atoms. The number of nitrogens with one attached hydrogen (secondary N) is 1. The van der Waals surface area contributed by atoms with E-state index in [1.165, 1.54) is 6.07 Å². The predicted octanol–water partition coefficient (Wildman–Crippen LogP) is 5.17. The molecule has 4 fully saturated rings. The molecule has 4 aromatic rings. The van der Waals surface area contributed by atoms with E-state index >= 15 is 4.39 Å². The van der Waals surface area contributed by atoms with Crippen molar-refractivity contribution in [3.8, 4) is 17.3 Å². The van der Waals surface area contributed by atoms with E-state index in [1.54, 1.807) is 25.3 Å². The molecule has 7 heterocycles. The first-order chi connectivity index (χ1) is 22.9. The first-order valence-electron chi connectivity index (χ1n) is 17.0. The summed E-state index contributed by atoms with van der Waals surface area (Å²) in [6.07, 6.45) is 7.69. The van der Waals surface area contributed by atoms with Crippen LogP contribution in [0.3, 0.4) is 0 Å². The Morgan fingerprint density at radius 1 is 1.02 bits per heavy atom. The van der Waals surface area contributed by atoms with Crippen LogP contribution >= 0.6 is 0 Å². The predicted molar refractivity (Wildman–Crippen MR) is 175 cm³/mol. The first kappa shape index (κ1) is 29.6. The molecular weight excluding hydrogens is 602 g/mol. The van der Waals surface area contributed by atoms with Crippen LogP contribution in [0.5, 0.6) is 6.01 Å². The van der Waals surface area contributed by atoms with Gasteiger partial charge in [-0.2, -0.15) is 9.97 Å². The number of ether oxygens (including phenoxy) is 3. The van der Waals surface area contributed by atoms with Crippen LogP contribution in [0.15, 0.2) is 36.5 Å². The summed E-state index contributed by atoms with van der Waals surface area (Å²) in [6, 6.07) is 9.13. The topological polar surface area (TPSA) is 84.9 Å². The molecule has 5 aliphatic heterocycles. The van der Waals surface area contributed by atoms with E-state index in [1.807, 2.05) is 12.1 Å². The smallest absolute Gasteiger partial charge is 0.319 e. The van der Waals surface area contributed by atoms with Crippen LogP contribution in [0, 0.1) is 18.6 Å². The molecule has 0 radical (unpaired) electrons. The minimum absolute atomic E-state index is 0.132. The van der Waals surface area contributed by atoms with Crippen molar-refractivity contribution in [3.63, 3.8) is 0 Å². The summed E-state index contributed by atoms with van der Waals surface area (Å²) >= 11 is 0. The zero-order valence-electron chi connectivity index (χ0n) is 26.7. The van der Waals surface area contributed by atoms with Gasteiger partial charge in [-0.3, -0.25) is 9.88 Å². The molecule has 2 aromatic carbocycles. The maximum atomic E-state index is 16.9. The van der Waals surface area contributed by atoms with E-state index in [0.717, 1.165) is 63.5 Å². The molecule has 2 spiro atoms. The maximum Gasteiger partial charge on any atom is 0.319 e. The molecule has 47 heavy (non-hydrogen) atoms. The van der Waals surface area contributed by atoms with Crippen LogP contribution in [-0.4, -0.2) is 95.7 Å². The van der Waals surface area contributed by atoms with Gasteiger partial charge in [0.15, 0.2) is 5.82 Å². The number of nitrogens with zero attached hydrogens (tertiary/aromatic N) is 5. The van der Waals surface area contributed by atoms with Crippen LogP contribution in [0.25, 0.3) is 32.9 Å². The quantitative estimate of drug-likeness (QED) is 0.303. The van der Waals surface area contributed by atoms with E-state index in [4.69, 9.17) is 24.2 Å². The van der Waals surface area contributed by atoms with Gasteiger partial charge in [-0.25, -0.2) is 8.78 Å². The van der Waals surface area contributed by atoms with Crippen molar-refractivity contribution in [1.29, 1.82) is 0 Å². The molecule has 246 valence electrons. The molecule has 11 heteroatoms. The van der Waals surface area contributed by atoms with E-state index < -0.39 is 5.82 Å². The van der Waals surface area contributed by atoms with Gasteiger partial charge in [-0.05, 0) is 74.4 Å². The van der Waals surface area contributed by atoms with Crippen LogP contribution in [0.1, 0.15) is 44.1 Å². The zero-order valence-corrected chi connectivity index (χ0v) is 26.7. The summed E-state index contributed by atoms with van der Waals surface area (Å²) in [5.41, 5.74) is 0.892. The fourth-order valence-electron chi connectivity index (χ4n) is 9.01. The number of rotatable bonds is 1. The highest BCUT2D eigenvalue weighted by Crippen LogP contribution is 2.42. The van der Waals surface area contributed by atoms with Gasteiger partial charge in [0, 0.05) is 50.7 Å². The summed E-state index contributed by atoms with van der Waals surface area (Å²) in [6.45, 7) is 7.32. The second-order valence-electron chi connectivity index (χ2n) is 14.3. The summed E-state index contributed by atoms with van der Waals surface area (Å²) in [4.78, 5) is 19.1. The number of hydrogen-bond donors (Lipinski definition) is 1. The van der Waals surface area contributed by atoms with E-state index in [9.17, 15) is 4.39 Å². The lowest BCUT2D eigenvalue weighted by molar-refractivity contribution is 0.0239. The van der Waals surface area contributed by atoms with Crippen molar-refractivity contribution in [2.45, 2.75) is 68.7 Å². The molecule has 9 rings (SSSR count). The Hall–Kier alpha value is -3.51. The van der Waals surface area contributed by atoms with Crippen LogP contribution in [-0.2, 0) is 9.47 Å². The standard InChI is InChI=1S/C36H40F2N6O3/c1-22-28(37)8-7-23-5-2-6-26(29(22)23)31-30(38)32-27(16-39-31)33-41-34(40-32)47-21-36-10-3-12-44(36)18-25(15-36)46-14-4-13-45-20-35-11-9-24(42-35)17-43(33)19-35/h2,5-8,16,24-25,42H,3-4,9-15,17-21H2,1H3/t24-,25+,35+,36+/m0/s1. The van der Waals surface area contributed by atoms with Crippen molar-refractivity contribution in [2.24, 2.45) is 0 Å². The third-order valence-electron chi connectivity index (χ3n) is 11.3. The molecule has 4 atom stereocenters. The number of hydrogen-bond acceptors (Lipinski definition) is 9. The number of anilines is 1. The second-order valence-corrected chi connectivity index (χ2v) is 14.3. The minimum atomic E-state index is -0.566. The number of aryl methyl sites for hydroxylation is 1. The highest BCUT2D eigenvalue weighted by molar-refractivity contribution is 6.00. The third-order valence-corrected chi connectivity index (χ3v) is 11.3. The average Bonchev–Trinajstić information content (AvgIpc) is 3.72. The Bertz CT molecular complexity index is 1880. The van der Waals surface area contributed by atoms with Gasteiger partial charge in [0.05, 0.1) is 29.2 Å². The van der Waals surface area contributed by atoms with Gasteiger partial charge in [0.2, 0.25) is 0 Å². The molecule has 2 aromatic heterocycles. The minimum Gasteiger partial charge on any atom is -0.461 e. The second kappa shape index (κ2) is 11.3. The van der Waals surface area contributed by atoms with Gasteiger partial charge in [0.1, 0.15) is 29.5 Å². The van der Waals surface area contributed by atoms with Crippen LogP contribution in [0.2, 0.25) is 0 Å². The maximum absolute atomic E-state index is 16.9. The number of fused-ring (bicyclic) bond motifs is 9. The van der Waals surface area contributed by atoms with Crippen molar-refractivity contribution >= 4 is 27.5 Å². The lowest BCUT2D eigenvalue weighted by Gasteiger charge is -2.42. The van der Waals surface area contributed by atoms with E-state index in [0.29, 0.717) is 60.7 Å².